The van der Waals surface area contributed by atoms with Gasteiger partial charge in [-0.05, 0) is 40.6 Å². The molecule has 0 unspecified atom stereocenters. The maximum atomic E-state index is 13.7. The predicted octanol–water partition coefficient (Wildman–Crippen LogP) is 3.30. The fourth-order valence-electron chi connectivity index (χ4n) is 1.68. The summed E-state index contributed by atoms with van der Waals surface area (Å²) in [6, 6.07) is 3.09. The van der Waals surface area contributed by atoms with Gasteiger partial charge in [-0.1, -0.05) is 13.8 Å². The topological polar surface area (TPSA) is 87.0 Å². The summed E-state index contributed by atoms with van der Waals surface area (Å²) >= 11 is 1.91. The predicted molar refractivity (Wildman–Crippen MR) is 84.1 cm³/mol. The van der Waals surface area contributed by atoms with E-state index in [0.717, 1.165) is 5.56 Å². The Kier molecular flexibility index (Phi) is 4.26. The van der Waals surface area contributed by atoms with E-state index in [0.29, 0.717) is 15.1 Å². The molecule has 2 rings (SSSR count). The van der Waals surface area contributed by atoms with Crippen LogP contribution in [0.4, 0.5) is 16.2 Å². The lowest BCUT2D eigenvalue weighted by Gasteiger charge is -2.15. The van der Waals surface area contributed by atoms with Gasteiger partial charge in [0.1, 0.15) is 11.6 Å². The zero-order valence-electron chi connectivity index (χ0n) is 11.0. The molecule has 0 saturated heterocycles. The maximum Gasteiger partial charge on any atom is 0.222 e. The Labute approximate surface area is 129 Å². The molecule has 0 bridgehead atoms. The Morgan fingerprint density at radius 2 is 1.95 bits per heavy atom. The summed E-state index contributed by atoms with van der Waals surface area (Å²) in [6.07, 6.45) is 1.40. The van der Waals surface area contributed by atoms with Gasteiger partial charge in [-0.2, -0.15) is 4.98 Å². The van der Waals surface area contributed by atoms with Crippen molar-refractivity contribution in [2.45, 2.75) is 19.8 Å². The smallest absolute Gasteiger partial charge is 0.222 e. The van der Waals surface area contributed by atoms with Gasteiger partial charge in [-0.25, -0.2) is 9.37 Å². The van der Waals surface area contributed by atoms with E-state index in [1.807, 2.05) is 36.4 Å². The summed E-state index contributed by atoms with van der Waals surface area (Å²) in [4.78, 5) is 7.66. The highest BCUT2D eigenvalue weighted by Crippen LogP contribution is 2.34. The molecule has 1 aromatic heterocycles. The van der Waals surface area contributed by atoms with E-state index in [4.69, 9.17) is 16.2 Å². The average Bonchev–Trinajstić information content (AvgIpc) is 2.36. The molecule has 0 fully saturated rings. The van der Waals surface area contributed by atoms with E-state index in [9.17, 15) is 4.39 Å². The molecule has 20 heavy (non-hydrogen) atoms. The second-order valence-corrected chi connectivity index (χ2v) is 5.70. The van der Waals surface area contributed by atoms with Gasteiger partial charge < -0.3 is 16.2 Å². The number of nitrogens with two attached hydrogens (primary N) is 2. The molecule has 1 heterocycles. The molecule has 4 N–H and O–H groups in total. The third kappa shape index (κ3) is 3.09. The SMILES string of the molecule is CC(C)c1cc(F)c(I)cc1Oc1cnc(N)nc1N. The van der Waals surface area contributed by atoms with Crippen LogP contribution in [0.2, 0.25) is 0 Å². The molecule has 0 spiro atoms. The third-order valence-electron chi connectivity index (χ3n) is 2.70. The standard InChI is InChI=1S/C13H14FIN4O/c1-6(2)7-3-8(14)9(15)4-10(7)20-11-5-18-13(17)19-12(11)16/h3-6H,1-2H3,(H4,16,17,18,19). The van der Waals surface area contributed by atoms with Crippen molar-refractivity contribution < 1.29 is 9.13 Å². The molecular formula is C13H14FIN4O. The molecule has 0 amide bonds. The quantitative estimate of drug-likeness (QED) is 0.788. The van der Waals surface area contributed by atoms with E-state index in [-0.39, 0.29) is 23.5 Å². The van der Waals surface area contributed by atoms with Crippen LogP contribution < -0.4 is 16.2 Å². The summed E-state index contributed by atoms with van der Waals surface area (Å²) in [5.74, 6) is 0.879. The number of benzene rings is 1. The van der Waals surface area contributed by atoms with Crippen LogP contribution in [0, 0.1) is 9.39 Å². The minimum atomic E-state index is -0.275. The van der Waals surface area contributed by atoms with Crippen LogP contribution >= 0.6 is 22.6 Å². The molecule has 0 atom stereocenters. The monoisotopic (exact) mass is 388 g/mol. The van der Waals surface area contributed by atoms with Gasteiger partial charge in [-0.3, -0.25) is 0 Å². The first-order valence-electron chi connectivity index (χ1n) is 5.93. The van der Waals surface area contributed by atoms with Crippen LogP contribution in [-0.2, 0) is 0 Å². The lowest BCUT2D eigenvalue weighted by Crippen LogP contribution is -2.03. The average molecular weight is 388 g/mol. The zero-order chi connectivity index (χ0) is 14.9. The Morgan fingerprint density at radius 1 is 1.25 bits per heavy atom. The molecule has 0 radical (unpaired) electrons. The lowest BCUT2D eigenvalue weighted by molar-refractivity contribution is 0.467. The van der Waals surface area contributed by atoms with Gasteiger partial charge in [0, 0.05) is 5.56 Å². The molecular weight excluding hydrogens is 374 g/mol. The Balaban J connectivity index is 2.44. The molecule has 7 heteroatoms. The molecule has 2 aromatic rings. The minimum absolute atomic E-state index is 0.0765. The highest BCUT2D eigenvalue weighted by atomic mass is 127. The minimum Gasteiger partial charge on any atom is -0.452 e. The highest BCUT2D eigenvalue weighted by Gasteiger charge is 2.15. The number of ether oxygens (including phenoxy) is 1. The van der Waals surface area contributed by atoms with Crippen LogP contribution in [0.3, 0.4) is 0 Å². The first kappa shape index (κ1) is 14.8. The molecule has 106 valence electrons. The first-order valence-corrected chi connectivity index (χ1v) is 7.01. The number of hydrogen-bond acceptors (Lipinski definition) is 5. The molecule has 0 aliphatic heterocycles. The normalized spacial score (nSPS) is 10.8. The number of rotatable bonds is 3. The third-order valence-corrected chi connectivity index (χ3v) is 3.52. The summed E-state index contributed by atoms with van der Waals surface area (Å²) < 4.78 is 19.8. The molecule has 0 saturated carbocycles. The Morgan fingerprint density at radius 3 is 2.55 bits per heavy atom. The van der Waals surface area contributed by atoms with Gasteiger partial charge in [0.2, 0.25) is 5.95 Å². The molecule has 5 nitrogen and oxygen atoms in total. The van der Waals surface area contributed by atoms with Gasteiger partial charge in [-0.15, -0.1) is 0 Å². The summed E-state index contributed by atoms with van der Waals surface area (Å²) in [5, 5.41) is 0. The van der Waals surface area contributed by atoms with Crippen molar-refractivity contribution in [1.29, 1.82) is 0 Å². The summed E-state index contributed by atoms with van der Waals surface area (Å²) in [7, 11) is 0. The number of hydrogen-bond donors (Lipinski definition) is 2. The van der Waals surface area contributed by atoms with E-state index >= 15 is 0 Å². The van der Waals surface area contributed by atoms with Gasteiger partial charge in [0.15, 0.2) is 11.6 Å². The first-order chi connectivity index (χ1) is 9.38. The largest absolute Gasteiger partial charge is 0.452 e. The Hall–Kier alpha value is -1.64. The van der Waals surface area contributed by atoms with E-state index in [2.05, 4.69) is 9.97 Å². The van der Waals surface area contributed by atoms with Crippen molar-refractivity contribution in [3.05, 3.63) is 33.3 Å². The fraction of sp³-hybridized carbons (Fsp3) is 0.231. The van der Waals surface area contributed by atoms with E-state index in [1.54, 1.807) is 6.07 Å². The zero-order valence-corrected chi connectivity index (χ0v) is 13.2. The number of anilines is 2. The Bertz CT molecular complexity index is 649. The van der Waals surface area contributed by atoms with Gasteiger partial charge in [0.25, 0.3) is 0 Å². The second-order valence-electron chi connectivity index (χ2n) is 4.54. The number of nitrogen functional groups attached to an aromatic ring is 2. The lowest BCUT2D eigenvalue weighted by atomic mass is 10.0. The number of aromatic nitrogens is 2. The molecule has 1 aromatic carbocycles. The van der Waals surface area contributed by atoms with Crippen LogP contribution in [-0.4, -0.2) is 9.97 Å². The summed E-state index contributed by atoms with van der Waals surface area (Å²) in [5.41, 5.74) is 11.9. The van der Waals surface area contributed by atoms with Crippen molar-refractivity contribution >= 4 is 34.4 Å². The number of nitrogens with zero attached hydrogens (tertiary/aromatic N) is 2. The van der Waals surface area contributed by atoms with Crippen LogP contribution in [0.5, 0.6) is 11.5 Å². The van der Waals surface area contributed by atoms with Crippen molar-refractivity contribution in [1.82, 2.24) is 9.97 Å². The summed E-state index contributed by atoms with van der Waals surface area (Å²) in [6.45, 7) is 3.91. The van der Waals surface area contributed by atoms with Crippen molar-refractivity contribution in [2.75, 3.05) is 11.5 Å². The van der Waals surface area contributed by atoms with Crippen molar-refractivity contribution in [3.8, 4) is 11.5 Å². The van der Waals surface area contributed by atoms with E-state index < -0.39 is 0 Å². The van der Waals surface area contributed by atoms with Crippen molar-refractivity contribution in [2.24, 2.45) is 0 Å². The second kappa shape index (κ2) is 5.78. The number of halogens is 2. The fourth-order valence-corrected chi connectivity index (χ4v) is 2.12. The van der Waals surface area contributed by atoms with Crippen LogP contribution in [0.1, 0.15) is 25.3 Å². The highest BCUT2D eigenvalue weighted by molar-refractivity contribution is 14.1. The molecule has 0 aliphatic carbocycles. The molecule has 0 aliphatic rings. The van der Waals surface area contributed by atoms with Crippen LogP contribution in [0.15, 0.2) is 18.3 Å². The van der Waals surface area contributed by atoms with Gasteiger partial charge in [0.05, 0.1) is 9.77 Å². The maximum absolute atomic E-state index is 13.7. The van der Waals surface area contributed by atoms with Crippen molar-refractivity contribution in [3.63, 3.8) is 0 Å². The van der Waals surface area contributed by atoms with Crippen LogP contribution in [0.25, 0.3) is 0 Å². The van der Waals surface area contributed by atoms with E-state index in [1.165, 1.54) is 12.3 Å². The van der Waals surface area contributed by atoms with Gasteiger partial charge >= 0.3 is 0 Å².